The van der Waals surface area contributed by atoms with E-state index < -0.39 is 0 Å². The topological polar surface area (TPSA) is 44.8 Å². The van der Waals surface area contributed by atoms with Crippen LogP contribution in [0.5, 0.6) is 5.75 Å². The molecule has 1 heterocycles. The fraction of sp³-hybridized carbons (Fsp3) is 0.381. The van der Waals surface area contributed by atoms with Crippen molar-refractivity contribution in [2.75, 3.05) is 44.6 Å². The van der Waals surface area contributed by atoms with Crippen LogP contribution in [-0.2, 0) is 4.79 Å². The highest BCUT2D eigenvalue weighted by Crippen LogP contribution is 2.16. The van der Waals surface area contributed by atoms with Gasteiger partial charge in [-0.05, 0) is 37.3 Å². The van der Waals surface area contributed by atoms with Crippen LogP contribution in [0.3, 0.4) is 0 Å². The summed E-state index contributed by atoms with van der Waals surface area (Å²) in [4.78, 5) is 17.1. The second-order valence-electron chi connectivity index (χ2n) is 6.71. The first-order valence-electron chi connectivity index (χ1n) is 9.32. The average Bonchev–Trinajstić information content (AvgIpc) is 2.69. The van der Waals surface area contributed by atoms with E-state index in [1.54, 1.807) is 12.1 Å². The average molecular weight is 388 g/mol. The number of carbonyl (C=O) groups excluding carboxylic acids is 1. The Kier molecular flexibility index (Phi) is 7.10. The van der Waals surface area contributed by atoms with Crippen LogP contribution in [-0.4, -0.2) is 61.1 Å². The van der Waals surface area contributed by atoms with Crippen molar-refractivity contribution in [2.45, 2.75) is 13.0 Å². The lowest BCUT2D eigenvalue weighted by Crippen LogP contribution is -2.53. The number of anilines is 1. The number of amides is 1. The highest BCUT2D eigenvalue weighted by atomic mass is 35.5. The molecule has 1 saturated heterocycles. The van der Waals surface area contributed by atoms with E-state index in [2.05, 4.69) is 15.1 Å². The Hall–Kier alpha value is -2.08. The lowest BCUT2D eigenvalue weighted by Gasteiger charge is -2.37. The zero-order valence-electron chi connectivity index (χ0n) is 15.6. The molecule has 1 aliphatic rings. The lowest BCUT2D eigenvalue weighted by molar-refractivity contribution is -0.121. The molecule has 0 bridgehead atoms. The molecule has 0 spiro atoms. The van der Waals surface area contributed by atoms with Gasteiger partial charge >= 0.3 is 0 Å². The van der Waals surface area contributed by atoms with Crippen molar-refractivity contribution in [1.29, 1.82) is 0 Å². The van der Waals surface area contributed by atoms with Crippen molar-refractivity contribution in [3.8, 4) is 5.75 Å². The minimum atomic E-state index is -0.174. The fourth-order valence-electron chi connectivity index (χ4n) is 3.16. The van der Waals surface area contributed by atoms with Gasteiger partial charge in [-0.2, -0.15) is 0 Å². The van der Waals surface area contributed by atoms with Crippen molar-refractivity contribution in [2.24, 2.45) is 0 Å². The number of nitrogens with one attached hydrogen (secondary N) is 1. The molecule has 0 saturated carbocycles. The number of hydrogen-bond donors (Lipinski definition) is 1. The van der Waals surface area contributed by atoms with E-state index in [9.17, 15) is 4.79 Å². The third-order valence-corrected chi connectivity index (χ3v) is 5.08. The molecule has 6 heteroatoms. The number of carbonyl (C=O) groups is 1. The summed E-state index contributed by atoms with van der Waals surface area (Å²) in [6.45, 7) is 7.14. The molecule has 0 aromatic heterocycles. The standard InChI is InChI=1S/C21H26ClN3O2/c1-17(21(26)23-19-7-5-6-18(22)16-19)25-12-10-24(11-13-25)14-15-27-20-8-3-2-4-9-20/h2-9,16-17H,10-15H2,1H3,(H,23,26)/t17-/m1/s1. The predicted molar refractivity (Wildman–Crippen MR) is 109 cm³/mol. The molecular formula is C21H26ClN3O2. The SMILES string of the molecule is C[C@H](C(=O)Nc1cccc(Cl)c1)N1CCN(CCOc2ccccc2)CC1. The highest BCUT2D eigenvalue weighted by molar-refractivity contribution is 6.30. The zero-order valence-corrected chi connectivity index (χ0v) is 16.4. The molecule has 1 fully saturated rings. The number of ether oxygens (including phenoxy) is 1. The van der Waals surface area contributed by atoms with Gasteiger partial charge in [0.05, 0.1) is 6.04 Å². The van der Waals surface area contributed by atoms with Gasteiger partial charge in [-0.3, -0.25) is 14.6 Å². The summed E-state index contributed by atoms with van der Waals surface area (Å²) < 4.78 is 5.77. The maximum absolute atomic E-state index is 12.5. The molecule has 3 rings (SSSR count). The second kappa shape index (κ2) is 9.74. The molecule has 1 aliphatic heterocycles. The summed E-state index contributed by atoms with van der Waals surface area (Å²) in [6, 6.07) is 16.9. The van der Waals surface area contributed by atoms with E-state index in [1.807, 2.05) is 49.4 Å². The smallest absolute Gasteiger partial charge is 0.241 e. The summed E-state index contributed by atoms with van der Waals surface area (Å²) in [5, 5.41) is 3.56. The summed E-state index contributed by atoms with van der Waals surface area (Å²) in [5.74, 6) is 0.903. The van der Waals surface area contributed by atoms with Crippen molar-refractivity contribution < 1.29 is 9.53 Å². The van der Waals surface area contributed by atoms with Gasteiger partial charge < -0.3 is 10.1 Å². The monoisotopic (exact) mass is 387 g/mol. The number of piperazine rings is 1. The van der Waals surface area contributed by atoms with Crippen LogP contribution in [0, 0.1) is 0 Å². The Morgan fingerprint density at radius 2 is 1.85 bits per heavy atom. The Balaban J connectivity index is 1.39. The van der Waals surface area contributed by atoms with Crippen LogP contribution in [0.4, 0.5) is 5.69 Å². The molecule has 1 N–H and O–H groups in total. The largest absolute Gasteiger partial charge is 0.492 e. The van der Waals surface area contributed by atoms with Crippen LogP contribution in [0.1, 0.15) is 6.92 Å². The number of rotatable bonds is 7. The molecule has 2 aromatic carbocycles. The van der Waals surface area contributed by atoms with Gasteiger partial charge in [0.1, 0.15) is 12.4 Å². The first-order valence-corrected chi connectivity index (χ1v) is 9.70. The maximum Gasteiger partial charge on any atom is 0.241 e. The van der Waals surface area contributed by atoms with Gasteiger partial charge in [-0.15, -0.1) is 0 Å². The number of halogens is 1. The van der Waals surface area contributed by atoms with Gasteiger partial charge in [0, 0.05) is 43.4 Å². The Labute approximate surface area is 165 Å². The minimum absolute atomic E-state index is 0.00173. The quantitative estimate of drug-likeness (QED) is 0.791. The normalized spacial score (nSPS) is 16.7. The molecule has 0 radical (unpaired) electrons. The molecule has 0 unspecified atom stereocenters. The maximum atomic E-state index is 12.5. The first kappa shape index (κ1) is 19.7. The first-order chi connectivity index (χ1) is 13.1. The highest BCUT2D eigenvalue weighted by Gasteiger charge is 2.25. The summed E-state index contributed by atoms with van der Waals surface area (Å²) in [5.41, 5.74) is 0.732. The van der Waals surface area contributed by atoms with E-state index >= 15 is 0 Å². The molecule has 1 amide bonds. The molecule has 144 valence electrons. The van der Waals surface area contributed by atoms with Gasteiger partial charge in [0.15, 0.2) is 0 Å². The summed E-state index contributed by atoms with van der Waals surface area (Å²) in [7, 11) is 0. The van der Waals surface area contributed by atoms with Gasteiger partial charge in [-0.25, -0.2) is 0 Å². The van der Waals surface area contributed by atoms with E-state index in [0.717, 1.165) is 44.2 Å². The molecule has 1 atom stereocenters. The van der Waals surface area contributed by atoms with Crippen LogP contribution in [0.25, 0.3) is 0 Å². The van der Waals surface area contributed by atoms with Crippen LogP contribution >= 0.6 is 11.6 Å². The molecule has 2 aromatic rings. The third-order valence-electron chi connectivity index (χ3n) is 4.85. The second-order valence-corrected chi connectivity index (χ2v) is 7.15. The zero-order chi connectivity index (χ0) is 19.1. The van der Waals surface area contributed by atoms with E-state index in [1.165, 1.54) is 0 Å². The summed E-state index contributed by atoms with van der Waals surface area (Å²) in [6.07, 6.45) is 0. The Morgan fingerprint density at radius 1 is 1.11 bits per heavy atom. The predicted octanol–water partition coefficient (Wildman–Crippen LogP) is 3.36. The van der Waals surface area contributed by atoms with Gasteiger partial charge in [0.2, 0.25) is 5.91 Å². The van der Waals surface area contributed by atoms with Crippen LogP contribution < -0.4 is 10.1 Å². The summed E-state index contributed by atoms with van der Waals surface area (Å²) >= 11 is 5.98. The fourth-order valence-corrected chi connectivity index (χ4v) is 3.35. The van der Waals surface area contributed by atoms with Crippen molar-refractivity contribution in [3.05, 3.63) is 59.6 Å². The number of hydrogen-bond acceptors (Lipinski definition) is 4. The minimum Gasteiger partial charge on any atom is -0.492 e. The van der Waals surface area contributed by atoms with Crippen molar-refractivity contribution in [1.82, 2.24) is 9.80 Å². The number of para-hydroxylation sites is 1. The van der Waals surface area contributed by atoms with E-state index in [0.29, 0.717) is 11.6 Å². The van der Waals surface area contributed by atoms with Gasteiger partial charge in [0.25, 0.3) is 0 Å². The van der Waals surface area contributed by atoms with Crippen LogP contribution in [0.15, 0.2) is 54.6 Å². The Morgan fingerprint density at radius 3 is 2.56 bits per heavy atom. The van der Waals surface area contributed by atoms with Crippen molar-refractivity contribution in [3.63, 3.8) is 0 Å². The van der Waals surface area contributed by atoms with E-state index in [-0.39, 0.29) is 11.9 Å². The molecular weight excluding hydrogens is 362 g/mol. The Bertz CT molecular complexity index is 733. The lowest BCUT2D eigenvalue weighted by atomic mass is 10.2. The third kappa shape index (κ3) is 5.96. The molecule has 27 heavy (non-hydrogen) atoms. The number of benzene rings is 2. The van der Waals surface area contributed by atoms with Crippen LogP contribution in [0.2, 0.25) is 5.02 Å². The number of nitrogens with zero attached hydrogens (tertiary/aromatic N) is 2. The molecule has 5 nitrogen and oxygen atoms in total. The van der Waals surface area contributed by atoms with E-state index in [4.69, 9.17) is 16.3 Å². The van der Waals surface area contributed by atoms with Gasteiger partial charge in [-0.1, -0.05) is 35.9 Å². The van der Waals surface area contributed by atoms with Crippen molar-refractivity contribution >= 4 is 23.2 Å². The molecule has 0 aliphatic carbocycles.